The summed E-state index contributed by atoms with van der Waals surface area (Å²) >= 11 is 5.85. The van der Waals surface area contributed by atoms with Crippen molar-refractivity contribution in [2.75, 3.05) is 0 Å². The molecule has 3 nitrogen and oxygen atoms in total. The van der Waals surface area contributed by atoms with E-state index >= 15 is 0 Å². The molecule has 0 spiro atoms. The summed E-state index contributed by atoms with van der Waals surface area (Å²) in [7, 11) is 0. The van der Waals surface area contributed by atoms with Gasteiger partial charge in [0.15, 0.2) is 0 Å². The molecule has 4 heteroatoms. The maximum absolute atomic E-state index is 5.85. The van der Waals surface area contributed by atoms with Gasteiger partial charge in [0, 0.05) is 18.2 Å². The van der Waals surface area contributed by atoms with Crippen LogP contribution in [0.1, 0.15) is 29.5 Å². The minimum Gasteiger partial charge on any atom is -0.320 e. The fraction of sp³-hybridized carbons (Fsp3) is 0.182. The first-order valence-electron chi connectivity index (χ1n) is 8.90. The molecule has 0 saturated heterocycles. The van der Waals surface area contributed by atoms with Crippen LogP contribution in [0.3, 0.4) is 0 Å². The molecule has 26 heavy (non-hydrogen) atoms. The molecule has 0 aliphatic carbocycles. The number of pyridine rings is 1. The van der Waals surface area contributed by atoms with Crippen LogP contribution in [-0.2, 0) is 12.3 Å². The van der Waals surface area contributed by atoms with Crippen LogP contribution in [-0.4, -0.2) is 14.5 Å². The topological polar surface area (TPSA) is 30.7 Å². The normalized spacial score (nSPS) is 16.1. The second kappa shape index (κ2) is 6.26. The average Bonchev–Trinajstić information content (AvgIpc) is 3.27. The Morgan fingerprint density at radius 1 is 1.00 bits per heavy atom. The Labute approximate surface area is 157 Å². The first-order chi connectivity index (χ1) is 12.8. The monoisotopic (exact) mass is 359 g/mol. The van der Waals surface area contributed by atoms with E-state index in [1.807, 2.05) is 12.3 Å². The van der Waals surface area contributed by atoms with Gasteiger partial charge >= 0.3 is 0 Å². The van der Waals surface area contributed by atoms with Crippen LogP contribution in [0.15, 0.2) is 66.9 Å². The lowest BCUT2D eigenvalue weighted by atomic mass is 10.0. The number of aromatic nitrogens is 3. The SMILES string of the molecule is ClCc1ccc(-c2ccc3nc4n(c3c2)[C@@H](c2ccccc2)CC4)cn1. The third-order valence-corrected chi connectivity index (χ3v) is 5.47. The second-order valence-electron chi connectivity index (χ2n) is 6.74. The van der Waals surface area contributed by atoms with Crippen molar-refractivity contribution in [2.24, 2.45) is 0 Å². The van der Waals surface area contributed by atoms with Gasteiger partial charge in [0.25, 0.3) is 0 Å². The van der Waals surface area contributed by atoms with E-state index in [-0.39, 0.29) is 0 Å². The zero-order valence-electron chi connectivity index (χ0n) is 14.3. The number of rotatable bonds is 3. The van der Waals surface area contributed by atoms with Gasteiger partial charge < -0.3 is 4.57 Å². The molecule has 2 aromatic heterocycles. The summed E-state index contributed by atoms with van der Waals surface area (Å²) in [6.45, 7) is 0. The van der Waals surface area contributed by atoms with Gasteiger partial charge in [-0.05, 0) is 35.7 Å². The van der Waals surface area contributed by atoms with Gasteiger partial charge in [0.1, 0.15) is 5.82 Å². The van der Waals surface area contributed by atoms with E-state index in [0.717, 1.165) is 35.2 Å². The Morgan fingerprint density at radius 2 is 1.85 bits per heavy atom. The number of hydrogen-bond donors (Lipinski definition) is 0. The predicted molar refractivity (Wildman–Crippen MR) is 105 cm³/mol. The zero-order chi connectivity index (χ0) is 17.5. The van der Waals surface area contributed by atoms with Gasteiger partial charge in [0.05, 0.1) is 28.6 Å². The van der Waals surface area contributed by atoms with E-state index in [4.69, 9.17) is 16.6 Å². The number of alkyl halides is 1. The van der Waals surface area contributed by atoms with Crippen LogP contribution in [0.5, 0.6) is 0 Å². The van der Waals surface area contributed by atoms with E-state index in [2.05, 4.69) is 64.1 Å². The largest absolute Gasteiger partial charge is 0.320 e. The molecule has 1 aliphatic rings. The van der Waals surface area contributed by atoms with Crippen molar-refractivity contribution in [1.29, 1.82) is 0 Å². The van der Waals surface area contributed by atoms with Gasteiger partial charge in [-0.25, -0.2) is 4.98 Å². The molecule has 0 amide bonds. The lowest BCUT2D eigenvalue weighted by Crippen LogP contribution is -2.05. The molecule has 1 atom stereocenters. The minimum absolute atomic E-state index is 0.364. The molecule has 0 unspecified atom stereocenters. The molecular formula is C22H18ClN3. The Kier molecular flexibility index (Phi) is 3.75. The molecule has 5 rings (SSSR count). The van der Waals surface area contributed by atoms with Crippen molar-refractivity contribution < 1.29 is 0 Å². The third kappa shape index (κ3) is 2.51. The Balaban J connectivity index is 1.62. The zero-order valence-corrected chi connectivity index (χ0v) is 15.0. The predicted octanol–water partition coefficient (Wildman–Crippen LogP) is 5.37. The fourth-order valence-electron chi connectivity index (χ4n) is 3.91. The van der Waals surface area contributed by atoms with E-state index in [1.165, 1.54) is 16.9 Å². The fourth-order valence-corrected chi connectivity index (χ4v) is 4.06. The minimum atomic E-state index is 0.364. The highest BCUT2D eigenvalue weighted by Gasteiger charge is 2.27. The van der Waals surface area contributed by atoms with Crippen LogP contribution < -0.4 is 0 Å². The number of halogens is 1. The molecule has 0 saturated carbocycles. The van der Waals surface area contributed by atoms with E-state index in [0.29, 0.717) is 11.9 Å². The summed E-state index contributed by atoms with van der Waals surface area (Å²) in [6.07, 6.45) is 4.03. The van der Waals surface area contributed by atoms with Crippen molar-refractivity contribution in [3.63, 3.8) is 0 Å². The van der Waals surface area contributed by atoms with E-state index in [9.17, 15) is 0 Å². The number of imidazole rings is 1. The molecular weight excluding hydrogens is 342 g/mol. The number of fused-ring (bicyclic) bond motifs is 3. The van der Waals surface area contributed by atoms with Crippen LogP contribution in [0.4, 0.5) is 0 Å². The van der Waals surface area contributed by atoms with Gasteiger partial charge in [0.2, 0.25) is 0 Å². The quantitative estimate of drug-likeness (QED) is 0.460. The van der Waals surface area contributed by atoms with Gasteiger partial charge in [-0.3, -0.25) is 4.98 Å². The summed E-state index contributed by atoms with van der Waals surface area (Å²) in [5, 5.41) is 0. The van der Waals surface area contributed by atoms with Crippen LogP contribution in [0.25, 0.3) is 22.2 Å². The number of hydrogen-bond acceptors (Lipinski definition) is 2. The van der Waals surface area contributed by atoms with Crippen molar-refractivity contribution in [1.82, 2.24) is 14.5 Å². The third-order valence-electron chi connectivity index (χ3n) is 5.19. The van der Waals surface area contributed by atoms with Crippen LogP contribution >= 0.6 is 11.6 Å². The highest BCUT2D eigenvalue weighted by Crippen LogP contribution is 2.36. The molecule has 4 aromatic rings. The van der Waals surface area contributed by atoms with Crippen molar-refractivity contribution in [3.05, 3.63) is 83.9 Å². The summed E-state index contributed by atoms with van der Waals surface area (Å²) in [4.78, 5) is 9.28. The lowest BCUT2D eigenvalue weighted by molar-refractivity contribution is 0.637. The molecule has 1 aliphatic heterocycles. The van der Waals surface area contributed by atoms with Gasteiger partial charge in [-0.15, -0.1) is 11.6 Å². The molecule has 0 fully saturated rings. The summed E-state index contributed by atoms with van der Waals surface area (Å²) in [6, 6.07) is 21.6. The van der Waals surface area contributed by atoms with Crippen molar-refractivity contribution in [3.8, 4) is 11.1 Å². The highest BCUT2D eigenvalue weighted by molar-refractivity contribution is 6.16. The smallest absolute Gasteiger partial charge is 0.110 e. The van der Waals surface area contributed by atoms with Gasteiger partial charge in [-0.2, -0.15) is 0 Å². The molecule has 0 N–H and O–H groups in total. The molecule has 0 bridgehead atoms. The van der Waals surface area contributed by atoms with Crippen molar-refractivity contribution >= 4 is 22.6 Å². The first kappa shape index (κ1) is 15.6. The average molecular weight is 360 g/mol. The summed E-state index contributed by atoms with van der Waals surface area (Å²) in [5.74, 6) is 1.62. The number of benzene rings is 2. The van der Waals surface area contributed by atoms with E-state index < -0.39 is 0 Å². The molecule has 128 valence electrons. The van der Waals surface area contributed by atoms with Gasteiger partial charge in [-0.1, -0.05) is 42.5 Å². The maximum Gasteiger partial charge on any atom is 0.110 e. The maximum atomic E-state index is 5.85. The second-order valence-corrected chi connectivity index (χ2v) is 7.01. The van der Waals surface area contributed by atoms with Crippen LogP contribution in [0.2, 0.25) is 0 Å². The number of nitrogens with zero attached hydrogens (tertiary/aromatic N) is 3. The summed E-state index contributed by atoms with van der Waals surface area (Å²) < 4.78 is 2.41. The molecule has 2 aromatic carbocycles. The van der Waals surface area contributed by atoms with E-state index in [1.54, 1.807) is 0 Å². The standard InChI is InChI=1S/C22H18ClN3/c23-13-18-8-6-17(14-24-18)16-7-9-19-21(12-16)26-20(10-11-22(26)25-19)15-4-2-1-3-5-15/h1-9,12,14,20H,10-11,13H2/t20-/m1/s1. The Hall–Kier alpha value is -2.65. The molecule has 0 radical (unpaired) electrons. The highest BCUT2D eigenvalue weighted by atomic mass is 35.5. The lowest BCUT2D eigenvalue weighted by Gasteiger charge is -2.15. The first-order valence-corrected chi connectivity index (χ1v) is 9.44. The van der Waals surface area contributed by atoms with Crippen LogP contribution in [0, 0.1) is 0 Å². The Morgan fingerprint density at radius 3 is 2.62 bits per heavy atom. The summed E-state index contributed by atoms with van der Waals surface area (Å²) in [5.41, 5.74) is 6.77. The molecule has 3 heterocycles. The van der Waals surface area contributed by atoms with Crippen molar-refractivity contribution in [2.45, 2.75) is 24.8 Å². The Bertz CT molecular complexity index is 1070. The number of aryl methyl sites for hydroxylation is 1.